The van der Waals surface area contributed by atoms with Crippen LogP contribution in [0, 0.1) is 10.8 Å². The average Bonchev–Trinajstić information content (AvgIpc) is 2.98. The fourth-order valence-electron chi connectivity index (χ4n) is 4.73. The third kappa shape index (κ3) is 7.88. The first kappa shape index (κ1) is 30.6. The molecule has 220 valence electrons. The maximum atomic E-state index is 14.3. The molecule has 4 rings (SSSR count). The molecule has 1 atom stereocenters. The number of hydrogen-bond donors (Lipinski definition) is 3. The van der Waals surface area contributed by atoms with Crippen LogP contribution in [0.4, 0.5) is 0 Å². The molecule has 9 nitrogen and oxygen atoms in total. The lowest BCUT2D eigenvalue weighted by Crippen LogP contribution is -2.40. The van der Waals surface area contributed by atoms with Crippen molar-refractivity contribution in [2.24, 2.45) is 5.73 Å². The van der Waals surface area contributed by atoms with Crippen molar-refractivity contribution >= 4 is 30.0 Å². The summed E-state index contributed by atoms with van der Waals surface area (Å²) >= 11 is 0. The van der Waals surface area contributed by atoms with Crippen LogP contribution in [0.25, 0.3) is 10.8 Å². The minimum Gasteiger partial charge on any atom is -0.490 e. The number of hydrogen-bond acceptors (Lipinski definition) is 7. The first-order valence-electron chi connectivity index (χ1n) is 14.2. The van der Waals surface area contributed by atoms with Crippen LogP contribution in [0.3, 0.4) is 0 Å². The van der Waals surface area contributed by atoms with Gasteiger partial charge in [0.25, 0.3) is 0 Å². The third-order valence-corrected chi connectivity index (χ3v) is 9.06. The van der Waals surface area contributed by atoms with Gasteiger partial charge in [0.2, 0.25) is 5.85 Å². The highest BCUT2D eigenvalue weighted by Crippen LogP contribution is 2.61. The number of piperidine rings is 1. The molecule has 0 saturated carbocycles. The number of benzene rings is 3. The summed E-state index contributed by atoms with van der Waals surface area (Å²) < 4.78 is 38.7. The molecule has 1 aliphatic heterocycles. The first-order chi connectivity index (χ1) is 19.7. The first-order valence-corrected chi connectivity index (χ1v) is 15.8. The largest absolute Gasteiger partial charge is 0.490 e. The van der Waals surface area contributed by atoms with Gasteiger partial charge < -0.3 is 29.2 Å². The molecule has 1 saturated heterocycles. The predicted octanol–water partition coefficient (Wildman–Crippen LogP) is 7.09. The summed E-state index contributed by atoms with van der Waals surface area (Å²) in [7, 11) is -3.74. The highest BCUT2D eigenvalue weighted by molar-refractivity contribution is 7.54. The summed E-state index contributed by atoms with van der Waals surface area (Å²) in [5.41, 5.74) is 6.97. The molecular formula is C31H41N4O5P. The summed E-state index contributed by atoms with van der Waals surface area (Å²) in [6.07, 6.45) is 3.13. The Hall–Kier alpha value is -3.39. The van der Waals surface area contributed by atoms with Gasteiger partial charge in [0.1, 0.15) is 23.4 Å². The normalized spacial score (nSPS) is 15.0. The smallest absolute Gasteiger partial charge is 0.375 e. The molecule has 0 spiro atoms. The molecule has 1 fully saturated rings. The minimum atomic E-state index is -3.74. The van der Waals surface area contributed by atoms with Crippen molar-refractivity contribution in [2.75, 3.05) is 26.3 Å². The van der Waals surface area contributed by atoms with Crippen LogP contribution in [0.1, 0.15) is 63.4 Å². The van der Waals surface area contributed by atoms with E-state index in [-0.39, 0.29) is 25.2 Å². The topological polar surface area (TPSA) is 131 Å². The van der Waals surface area contributed by atoms with Gasteiger partial charge >= 0.3 is 7.60 Å². The Morgan fingerprint density at radius 1 is 0.927 bits per heavy atom. The van der Waals surface area contributed by atoms with Crippen LogP contribution in [0.2, 0.25) is 0 Å². The van der Waals surface area contributed by atoms with Crippen LogP contribution in [-0.4, -0.2) is 49.0 Å². The van der Waals surface area contributed by atoms with Gasteiger partial charge in [-0.2, -0.15) is 0 Å². The van der Waals surface area contributed by atoms with Crippen LogP contribution < -0.4 is 15.2 Å². The Morgan fingerprint density at radius 3 is 2.12 bits per heavy atom. The van der Waals surface area contributed by atoms with E-state index in [1.54, 1.807) is 6.07 Å². The van der Waals surface area contributed by atoms with Crippen molar-refractivity contribution in [1.82, 2.24) is 4.90 Å². The monoisotopic (exact) mass is 580 g/mol. The molecule has 4 N–H and O–H groups in total. The molecule has 1 unspecified atom stereocenters. The van der Waals surface area contributed by atoms with Crippen molar-refractivity contribution in [3.63, 3.8) is 0 Å². The van der Waals surface area contributed by atoms with Crippen molar-refractivity contribution in [3.8, 4) is 11.5 Å². The van der Waals surface area contributed by atoms with Gasteiger partial charge in [0.15, 0.2) is 0 Å². The van der Waals surface area contributed by atoms with Gasteiger partial charge in [-0.05, 0) is 60.9 Å². The number of rotatable bonds is 13. The van der Waals surface area contributed by atoms with E-state index < -0.39 is 13.4 Å². The van der Waals surface area contributed by atoms with Gasteiger partial charge in [-0.3, -0.25) is 15.4 Å². The molecule has 0 aromatic heterocycles. The van der Waals surface area contributed by atoms with Gasteiger partial charge in [0, 0.05) is 37.1 Å². The van der Waals surface area contributed by atoms with E-state index >= 15 is 0 Å². The molecule has 1 heterocycles. The maximum absolute atomic E-state index is 14.3. The molecule has 0 bridgehead atoms. The molecule has 1 aliphatic rings. The molecule has 0 aliphatic carbocycles. The quantitative estimate of drug-likeness (QED) is 0.112. The summed E-state index contributed by atoms with van der Waals surface area (Å²) in [6, 6.07) is 18.6. The van der Waals surface area contributed by atoms with Crippen molar-refractivity contribution in [3.05, 3.63) is 71.8 Å². The van der Waals surface area contributed by atoms with Crippen LogP contribution in [0.15, 0.2) is 60.7 Å². The molecule has 10 heteroatoms. The number of amidine groups is 2. The van der Waals surface area contributed by atoms with E-state index in [4.69, 9.17) is 35.1 Å². The van der Waals surface area contributed by atoms with Gasteiger partial charge in [-0.1, -0.05) is 44.2 Å². The second-order valence-electron chi connectivity index (χ2n) is 10.3. The molecular weight excluding hydrogens is 539 g/mol. The Balaban J connectivity index is 1.61. The van der Waals surface area contributed by atoms with E-state index in [0.717, 1.165) is 42.5 Å². The Kier molecular flexibility index (Phi) is 10.4. The highest BCUT2D eigenvalue weighted by Gasteiger charge is 2.39. The van der Waals surface area contributed by atoms with Crippen molar-refractivity contribution < 1.29 is 23.1 Å². The Morgan fingerprint density at radius 2 is 1.54 bits per heavy atom. The lowest BCUT2D eigenvalue weighted by Gasteiger charge is -2.33. The Labute approximate surface area is 242 Å². The summed E-state index contributed by atoms with van der Waals surface area (Å²) in [5, 5.41) is 17.4. The second-order valence-corrected chi connectivity index (χ2v) is 12.3. The van der Waals surface area contributed by atoms with Gasteiger partial charge in [-0.15, -0.1) is 0 Å². The highest BCUT2D eigenvalue weighted by atomic mass is 31.2. The fourth-order valence-corrected chi connectivity index (χ4v) is 6.74. The van der Waals surface area contributed by atoms with E-state index in [1.807, 2.05) is 75.4 Å². The number of nitrogens with zero attached hydrogens (tertiary/aromatic N) is 1. The zero-order valence-electron chi connectivity index (χ0n) is 24.1. The molecule has 41 heavy (non-hydrogen) atoms. The number of ether oxygens (including phenoxy) is 2. The number of fused-ring (bicyclic) bond motifs is 1. The summed E-state index contributed by atoms with van der Waals surface area (Å²) in [4.78, 5) is 2.06. The van der Waals surface area contributed by atoms with Gasteiger partial charge in [-0.25, -0.2) is 0 Å². The number of nitrogens with two attached hydrogens (primary N) is 1. The van der Waals surface area contributed by atoms with E-state index in [0.29, 0.717) is 35.6 Å². The molecule has 0 amide bonds. The van der Waals surface area contributed by atoms with Crippen LogP contribution >= 0.6 is 7.60 Å². The summed E-state index contributed by atoms with van der Waals surface area (Å²) in [6.45, 7) is 7.88. The maximum Gasteiger partial charge on any atom is 0.375 e. The predicted molar refractivity (Wildman–Crippen MR) is 163 cm³/mol. The minimum absolute atomic E-state index is 0.0146. The van der Waals surface area contributed by atoms with Crippen molar-refractivity contribution in [1.29, 1.82) is 10.8 Å². The van der Waals surface area contributed by atoms with Crippen molar-refractivity contribution in [2.45, 2.75) is 58.4 Å². The lowest BCUT2D eigenvalue weighted by atomic mass is 10.1. The standard InChI is InChI=1S/C31H41N4O5P/c1-4-18-37-41(36,38-19-5-2)31(40-29-13-8-23-6-7-25(30(33)34)20-26(23)21-29)24-9-11-27(12-10-24)39-28-14-16-35(17-15-28)22(3)32/h6-13,20-21,28,31-32H,4-5,14-19H2,1-3H3,(H3,33,34). The van der Waals surface area contributed by atoms with E-state index in [2.05, 4.69) is 4.90 Å². The Bertz CT molecular complexity index is 1380. The number of likely N-dealkylation sites (tertiary alicyclic amines) is 1. The van der Waals surface area contributed by atoms with Crippen LogP contribution in [0.5, 0.6) is 11.5 Å². The van der Waals surface area contributed by atoms with Gasteiger partial charge in [0.05, 0.1) is 19.0 Å². The number of nitrogen functional groups attached to an aromatic ring is 1. The molecule has 0 radical (unpaired) electrons. The lowest BCUT2D eigenvalue weighted by molar-refractivity contribution is 0.130. The van der Waals surface area contributed by atoms with E-state index in [1.165, 1.54) is 0 Å². The number of nitrogens with one attached hydrogen (secondary N) is 2. The molecule has 3 aromatic carbocycles. The fraction of sp³-hybridized carbons (Fsp3) is 0.419. The average molecular weight is 581 g/mol. The van der Waals surface area contributed by atoms with E-state index in [9.17, 15) is 4.57 Å². The zero-order chi connectivity index (χ0) is 29.4. The SMILES string of the molecule is CCCOP(=O)(OCCC)C(Oc1ccc2ccc(C(=N)N)cc2c1)c1ccc(OC2CCN(C(C)=N)CC2)cc1. The zero-order valence-corrected chi connectivity index (χ0v) is 25.0. The summed E-state index contributed by atoms with van der Waals surface area (Å²) in [5.74, 6) is 0.793. The third-order valence-electron chi connectivity index (χ3n) is 6.99. The van der Waals surface area contributed by atoms with Crippen LogP contribution in [-0.2, 0) is 13.6 Å². The molecule has 3 aromatic rings. The second kappa shape index (κ2) is 14.0.